The molecule has 4 nitrogen and oxygen atoms in total. The molecule has 2 rings (SSSR count). The fourth-order valence-corrected chi connectivity index (χ4v) is 3.48. The Hall–Kier alpha value is -1.33. The van der Waals surface area contributed by atoms with Crippen molar-refractivity contribution in [1.29, 1.82) is 0 Å². The summed E-state index contributed by atoms with van der Waals surface area (Å²) >= 11 is 0. The molecule has 110 valence electrons. The van der Waals surface area contributed by atoms with E-state index < -0.39 is 10.0 Å². The molecule has 20 heavy (non-hydrogen) atoms. The smallest absolute Gasteiger partial charge is 0.240 e. The topological polar surface area (TPSA) is 55.4 Å². The first-order chi connectivity index (χ1) is 9.53. The minimum absolute atomic E-state index is 0.284. The molecule has 0 heterocycles. The van der Waals surface area contributed by atoms with Crippen LogP contribution in [0.3, 0.4) is 0 Å². The van der Waals surface area contributed by atoms with Crippen molar-refractivity contribution in [2.75, 3.05) is 13.7 Å². The largest absolute Gasteiger partial charge is 0.496 e. The maximum Gasteiger partial charge on any atom is 0.240 e. The van der Waals surface area contributed by atoms with Crippen LogP contribution in [0.4, 0.5) is 0 Å². The fraction of sp³-hybridized carbons (Fsp3) is 0.467. The Labute approximate surface area is 120 Å². The van der Waals surface area contributed by atoms with E-state index in [1.165, 1.54) is 12.0 Å². The molecule has 0 spiro atoms. The number of hydrogen-bond acceptors (Lipinski definition) is 3. The maximum absolute atomic E-state index is 12.2. The van der Waals surface area contributed by atoms with Crippen LogP contribution in [0.5, 0.6) is 5.75 Å². The van der Waals surface area contributed by atoms with Crippen LogP contribution in [0.1, 0.15) is 31.2 Å². The Kier molecular flexibility index (Phi) is 4.83. The molecule has 0 aromatic heterocycles. The van der Waals surface area contributed by atoms with E-state index in [1.807, 2.05) is 6.92 Å². The van der Waals surface area contributed by atoms with Crippen molar-refractivity contribution in [3.8, 4) is 5.75 Å². The average molecular weight is 295 g/mol. The minimum Gasteiger partial charge on any atom is -0.496 e. The van der Waals surface area contributed by atoms with Gasteiger partial charge in [0.2, 0.25) is 10.0 Å². The van der Waals surface area contributed by atoms with Crippen molar-refractivity contribution in [2.24, 2.45) is 0 Å². The van der Waals surface area contributed by atoms with E-state index in [9.17, 15) is 8.42 Å². The van der Waals surface area contributed by atoms with Gasteiger partial charge in [-0.1, -0.05) is 11.6 Å². The van der Waals surface area contributed by atoms with Gasteiger partial charge in [0.25, 0.3) is 0 Å². The number of methoxy groups -OCH3 is 1. The highest BCUT2D eigenvalue weighted by atomic mass is 32.2. The monoisotopic (exact) mass is 295 g/mol. The molecule has 0 radical (unpaired) electrons. The zero-order valence-corrected chi connectivity index (χ0v) is 12.8. The predicted octanol–water partition coefficient (Wildman–Crippen LogP) is 2.78. The molecule has 0 atom stereocenters. The molecule has 0 bridgehead atoms. The van der Waals surface area contributed by atoms with Gasteiger partial charge in [-0.3, -0.25) is 0 Å². The molecule has 1 N–H and O–H groups in total. The first-order valence-electron chi connectivity index (χ1n) is 6.85. The van der Waals surface area contributed by atoms with Gasteiger partial charge in [0.15, 0.2) is 0 Å². The van der Waals surface area contributed by atoms with Crippen LogP contribution in [0.15, 0.2) is 34.7 Å². The summed E-state index contributed by atoms with van der Waals surface area (Å²) in [6, 6.07) is 4.89. The van der Waals surface area contributed by atoms with Crippen molar-refractivity contribution in [3.63, 3.8) is 0 Å². The van der Waals surface area contributed by atoms with Gasteiger partial charge >= 0.3 is 0 Å². The number of allylic oxidation sites excluding steroid dienone is 1. The Balaban J connectivity index is 2.09. The zero-order valence-electron chi connectivity index (χ0n) is 12.0. The number of benzene rings is 1. The molecule has 5 heteroatoms. The van der Waals surface area contributed by atoms with E-state index in [0.29, 0.717) is 12.3 Å². The van der Waals surface area contributed by atoms with Crippen LogP contribution >= 0.6 is 0 Å². The molecular weight excluding hydrogens is 274 g/mol. The average Bonchev–Trinajstić information content (AvgIpc) is 2.46. The van der Waals surface area contributed by atoms with Crippen molar-refractivity contribution in [1.82, 2.24) is 4.72 Å². The van der Waals surface area contributed by atoms with E-state index in [-0.39, 0.29) is 4.90 Å². The summed E-state index contributed by atoms with van der Waals surface area (Å²) in [6.07, 6.45) is 6.54. The molecule has 0 unspecified atom stereocenters. The van der Waals surface area contributed by atoms with Gasteiger partial charge in [-0.05, 0) is 56.4 Å². The second-order valence-corrected chi connectivity index (χ2v) is 6.83. The van der Waals surface area contributed by atoms with Crippen LogP contribution in [-0.4, -0.2) is 22.1 Å². The summed E-state index contributed by atoms with van der Waals surface area (Å²) in [7, 11) is -1.88. The number of hydrogen-bond donors (Lipinski definition) is 1. The number of aryl methyl sites for hydroxylation is 1. The number of ether oxygens (including phenoxy) is 1. The Morgan fingerprint density at radius 2 is 2.10 bits per heavy atom. The molecule has 1 aromatic rings. The highest BCUT2D eigenvalue weighted by molar-refractivity contribution is 7.89. The third kappa shape index (κ3) is 3.61. The summed E-state index contributed by atoms with van der Waals surface area (Å²) < 4.78 is 32.3. The minimum atomic E-state index is -3.45. The standard InChI is InChI=1S/C15H21NO3S/c1-12-10-14(8-9-15(12)19-2)20(17,18)16-11-13-6-4-3-5-7-13/h6,8-10,16H,3-5,7,11H2,1-2H3. The second-order valence-electron chi connectivity index (χ2n) is 5.06. The van der Waals surface area contributed by atoms with Crippen molar-refractivity contribution in [3.05, 3.63) is 35.4 Å². The summed E-state index contributed by atoms with van der Waals surface area (Å²) in [5, 5.41) is 0. The number of rotatable bonds is 5. The lowest BCUT2D eigenvalue weighted by Gasteiger charge is -2.14. The Morgan fingerprint density at radius 1 is 1.30 bits per heavy atom. The summed E-state index contributed by atoms with van der Waals surface area (Å²) in [6.45, 7) is 2.24. The van der Waals surface area contributed by atoms with Gasteiger partial charge in [-0.25, -0.2) is 13.1 Å². The van der Waals surface area contributed by atoms with Crippen LogP contribution in [0.2, 0.25) is 0 Å². The van der Waals surface area contributed by atoms with E-state index in [4.69, 9.17) is 4.74 Å². The molecule has 1 aliphatic rings. The number of nitrogens with one attached hydrogen (secondary N) is 1. The lowest BCUT2D eigenvalue weighted by atomic mass is 10.0. The Bertz CT molecular complexity index is 606. The van der Waals surface area contributed by atoms with Gasteiger partial charge in [-0.2, -0.15) is 0 Å². The van der Waals surface area contributed by atoms with E-state index in [2.05, 4.69) is 10.8 Å². The molecule has 0 saturated carbocycles. The van der Waals surface area contributed by atoms with Gasteiger partial charge in [0.05, 0.1) is 12.0 Å². The lowest BCUT2D eigenvalue weighted by molar-refractivity contribution is 0.411. The van der Waals surface area contributed by atoms with Crippen LogP contribution in [0.25, 0.3) is 0 Å². The van der Waals surface area contributed by atoms with Crippen LogP contribution in [0, 0.1) is 6.92 Å². The number of sulfonamides is 1. The molecule has 1 aliphatic carbocycles. The third-order valence-corrected chi connectivity index (χ3v) is 4.95. The van der Waals surface area contributed by atoms with Crippen LogP contribution < -0.4 is 9.46 Å². The molecule has 0 saturated heterocycles. The molecule has 0 amide bonds. The molecule has 1 aromatic carbocycles. The van der Waals surface area contributed by atoms with Crippen molar-refractivity contribution >= 4 is 10.0 Å². The normalized spacial score (nSPS) is 15.8. The van der Waals surface area contributed by atoms with E-state index in [0.717, 1.165) is 24.8 Å². The highest BCUT2D eigenvalue weighted by Gasteiger charge is 2.16. The van der Waals surface area contributed by atoms with Crippen molar-refractivity contribution < 1.29 is 13.2 Å². The van der Waals surface area contributed by atoms with Gasteiger partial charge < -0.3 is 4.74 Å². The summed E-state index contributed by atoms with van der Waals surface area (Å²) in [5.41, 5.74) is 2.00. The second kappa shape index (κ2) is 6.41. The zero-order chi connectivity index (χ0) is 14.6. The van der Waals surface area contributed by atoms with Gasteiger partial charge in [0, 0.05) is 6.54 Å². The Morgan fingerprint density at radius 3 is 2.70 bits per heavy atom. The first-order valence-corrected chi connectivity index (χ1v) is 8.33. The summed E-state index contributed by atoms with van der Waals surface area (Å²) in [4.78, 5) is 0.284. The summed E-state index contributed by atoms with van der Waals surface area (Å²) in [5.74, 6) is 0.693. The first kappa shape index (κ1) is 15.1. The third-order valence-electron chi connectivity index (χ3n) is 3.55. The fourth-order valence-electron chi connectivity index (χ4n) is 2.35. The van der Waals surface area contributed by atoms with E-state index in [1.54, 1.807) is 25.3 Å². The quantitative estimate of drug-likeness (QED) is 0.850. The lowest BCUT2D eigenvalue weighted by Crippen LogP contribution is -2.26. The molecule has 0 aliphatic heterocycles. The molecular formula is C15H21NO3S. The van der Waals surface area contributed by atoms with Crippen LogP contribution in [-0.2, 0) is 10.0 Å². The van der Waals surface area contributed by atoms with Gasteiger partial charge in [-0.15, -0.1) is 0 Å². The van der Waals surface area contributed by atoms with E-state index >= 15 is 0 Å². The maximum atomic E-state index is 12.2. The predicted molar refractivity (Wildman–Crippen MR) is 79.5 cm³/mol. The molecule has 0 fully saturated rings. The van der Waals surface area contributed by atoms with Crippen molar-refractivity contribution in [2.45, 2.75) is 37.5 Å². The van der Waals surface area contributed by atoms with Gasteiger partial charge in [0.1, 0.15) is 5.75 Å². The SMILES string of the molecule is COc1ccc(S(=O)(=O)NCC2=CCCCC2)cc1C. The highest BCUT2D eigenvalue weighted by Crippen LogP contribution is 2.22.